The summed E-state index contributed by atoms with van der Waals surface area (Å²) < 4.78 is 12.7. The predicted molar refractivity (Wildman–Crippen MR) is 120 cm³/mol. The average molecular weight is 423 g/mol. The summed E-state index contributed by atoms with van der Waals surface area (Å²) >= 11 is 0. The van der Waals surface area contributed by atoms with Gasteiger partial charge in [-0.2, -0.15) is 0 Å². The highest BCUT2D eigenvalue weighted by Gasteiger charge is 2.54. The van der Waals surface area contributed by atoms with Gasteiger partial charge in [0.2, 0.25) is 0 Å². The van der Waals surface area contributed by atoms with Crippen molar-refractivity contribution >= 4 is 17.3 Å². The van der Waals surface area contributed by atoms with Gasteiger partial charge in [-0.05, 0) is 53.6 Å². The summed E-state index contributed by atoms with van der Waals surface area (Å²) in [5, 5.41) is 0. The van der Waals surface area contributed by atoms with Gasteiger partial charge in [0.05, 0.1) is 18.9 Å². The largest absolute Gasteiger partial charge is 0.334 e. The molecule has 6 nitrogen and oxygen atoms in total. The number of benzene rings is 2. The number of amides is 1. The topological polar surface area (TPSA) is 64.6 Å². The van der Waals surface area contributed by atoms with E-state index in [0.29, 0.717) is 5.56 Å². The lowest BCUT2D eigenvalue weighted by Crippen LogP contribution is -2.43. The van der Waals surface area contributed by atoms with Gasteiger partial charge in [-0.25, -0.2) is 0 Å². The number of ether oxygens (including phenoxy) is 2. The van der Waals surface area contributed by atoms with Crippen LogP contribution in [-0.2, 0) is 33.3 Å². The Kier molecular flexibility index (Phi) is 5.46. The summed E-state index contributed by atoms with van der Waals surface area (Å²) in [4.78, 5) is 23.7. The molecule has 2 aromatic heterocycles. The molecule has 0 N–H and O–H groups in total. The summed E-state index contributed by atoms with van der Waals surface area (Å²) in [6.45, 7) is 0.392. The highest BCUT2D eigenvalue weighted by Crippen LogP contribution is 2.47. The first-order chi connectivity index (χ1) is 15.8. The lowest BCUT2D eigenvalue weighted by molar-refractivity contribution is -0.242. The second-order valence-corrected chi connectivity index (χ2v) is 7.40. The van der Waals surface area contributed by atoms with E-state index in [1.54, 1.807) is 29.7 Å². The Hall–Kier alpha value is -3.87. The second kappa shape index (κ2) is 8.70. The van der Waals surface area contributed by atoms with Crippen molar-refractivity contribution in [2.75, 3.05) is 4.90 Å². The van der Waals surface area contributed by atoms with E-state index >= 15 is 0 Å². The first kappa shape index (κ1) is 20.1. The van der Waals surface area contributed by atoms with Gasteiger partial charge in [0.25, 0.3) is 11.7 Å². The highest BCUT2D eigenvalue weighted by molar-refractivity contribution is 6.11. The molecular weight excluding hydrogens is 402 g/mol. The molecule has 0 saturated carbocycles. The minimum Gasteiger partial charge on any atom is -0.334 e. The van der Waals surface area contributed by atoms with Crippen LogP contribution in [0.25, 0.3) is 0 Å². The fraction of sp³-hybridized carbons (Fsp3) is 0.115. The van der Waals surface area contributed by atoms with Gasteiger partial charge in [-0.1, -0.05) is 36.4 Å². The van der Waals surface area contributed by atoms with Crippen LogP contribution in [0.15, 0.2) is 104 Å². The van der Waals surface area contributed by atoms with Crippen molar-refractivity contribution < 1.29 is 14.3 Å². The molecule has 158 valence electrons. The zero-order chi connectivity index (χ0) is 21.8. The molecule has 32 heavy (non-hydrogen) atoms. The molecule has 1 aliphatic heterocycles. The predicted octanol–water partition coefficient (Wildman–Crippen LogP) is 4.74. The molecular formula is C26H21N3O3. The van der Waals surface area contributed by atoms with Crippen LogP contribution < -0.4 is 4.90 Å². The van der Waals surface area contributed by atoms with Crippen LogP contribution in [-0.4, -0.2) is 15.9 Å². The highest BCUT2D eigenvalue weighted by atomic mass is 16.7. The van der Waals surface area contributed by atoms with Gasteiger partial charge in [-0.15, -0.1) is 0 Å². The Labute approximate surface area is 186 Å². The van der Waals surface area contributed by atoms with E-state index in [4.69, 9.17) is 9.47 Å². The smallest absolute Gasteiger partial charge is 0.297 e. The molecule has 5 rings (SSSR count). The molecule has 0 atom stereocenters. The molecule has 0 aliphatic carbocycles. The Morgan fingerprint density at radius 1 is 0.688 bits per heavy atom. The normalized spacial score (nSPS) is 14.4. The van der Waals surface area contributed by atoms with Gasteiger partial charge >= 0.3 is 0 Å². The molecule has 0 unspecified atom stereocenters. The van der Waals surface area contributed by atoms with Gasteiger partial charge < -0.3 is 9.47 Å². The van der Waals surface area contributed by atoms with E-state index in [2.05, 4.69) is 9.97 Å². The fourth-order valence-electron chi connectivity index (χ4n) is 3.80. The monoisotopic (exact) mass is 423 g/mol. The molecule has 0 radical (unpaired) electrons. The number of carbonyl (C=O) groups excluding carboxylic acids is 1. The molecule has 0 saturated heterocycles. The minimum absolute atomic E-state index is 0.196. The first-order valence-electron chi connectivity index (χ1n) is 10.3. The standard InChI is InChI=1S/C26H21N3O3/c30-25-26(31-18-20-10-14-27-15-11-20,32-19-21-12-16-28-17-13-21)23-8-4-5-9-24(23)29(25)22-6-2-1-3-7-22/h1-17H,18-19H2. The van der Waals surface area contributed by atoms with E-state index in [-0.39, 0.29) is 19.1 Å². The third kappa shape index (κ3) is 3.66. The van der Waals surface area contributed by atoms with Crippen molar-refractivity contribution in [2.45, 2.75) is 19.0 Å². The quantitative estimate of drug-likeness (QED) is 0.402. The van der Waals surface area contributed by atoms with Crippen molar-refractivity contribution in [3.05, 3.63) is 120 Å². The number of rotatable bonds is 7. The van der Waals surface area contributed by atoms with Crippen LogP contribution in [0.5, 0.6) is 0 Å². The zero-order valence-electron chi connectivity index (χ0n) is 17.3. The molecule has 0 bridgehead atoms. The number of hydrogen-bond acceptors (Lipinski definition) is 5. The number of aromatic nitrogens is 2. The van der Waals surface area contributed by atoms with Gasteiger partial charge in [-0.3, -0.25) is 19.7 Å². The second-order valence-electron chi connectivity index (χ2n) is 7.40. The van der Waals surface area contributed by atoms with Gasteiger partial charge in [0, 0.05) is 36.0 Å². The Bertz CT molecular complexity index is 1160. The number of fused-ring (bicyclic) bond motifs is 1. The lowest BCUT2D eigenvalue weighted by atomic mass is 10.1. The van der Waals surface area contributed by atoms with Crippen molar-refractivity contribution in [3.8, 4) is 0 Å². The first-order valence-corrected chi connectivity index (χ1v) is 10.3. The fourth-order valence-corrected chi connectivity index (χ4v) is 3.80. The van der Waals surface area contributed by atoms with Crippen LogP contribution in [0, 0.1) is 0 Å². The Balaban J connectivity index is 1.57. The average Bonchev–Trinajstić information content (AvgIpc) is 3.11. The number of carbonyl (C=O) groups is 1. The van der Waals surface area contributed by atoms with Gasteiger partial charge in [0.1, 0.15) is 0 Å². The summed E-state index contributed by atoms with van der Waals surface area (Å²) in [5.41, 5.74) is 3.97. The molecule has 6 heteroatoms. The molecule has 1 amide bonds. The third-order valence-corrected chi connectivity index (χ3v) is 5.38. The number of pyridine rings is 2. The van der Waals surface area contributed by atoms with E-state index in [1.807, 2.05) is 78.9 Å². The summed E-state index contributed by atoms with van der Waals surface area (Å²) in [6, 6.07) is 24.5. The molecule has 2 aromatic carbocycles. The van der Waals surface area contributed by atoms with E-state index < -0.39 is 5.79 Å². The number of anilines is 2. The third-order valence-electron chi connectivity index (χ3n) is 5.38. The number of hydrogen-bond donors (Lipinski definition) is 0. The maximum absolute atomic E-state index is 14.0. The number of para-hydroxylation sites is 2. The maximum atomic E-state index is 14.0. The van der Waals surface area contributed by atoms with Crippen LogP contribution in [0.1, 0.15) is 16.7 Å². The summed E-state index contributed by atoms with van der Waals surface area (Å²) in [5.74, 6) is -1.87. The maximum Gasteiger partial charge on any atom is 0.297 e. The van der Waals surface area contributed by atoms with Crippen molar-refractivity contribution in [3.63, 3.8) is 0 Å². The Morgan fingerprint density at radius 3 is 1.81 bits per heavy atom. The molecule has 3 heterocycles. The van der Waals surface area contributed by atoms with Crippen LogP contribution in [0.2, 0.25) is 0 Å². The van der Waals surface area contributed by atoms with Gasteiger partial charge in [0.15, 0.2) is 0 Å². The molecule has 0 fully saturated rings. The van der Waals surface area contributed by atoms with Crippen molar-refractivity contribution in [1.29, 1.82) is 0 Å². The summed E-state index contributed by atoms with van der Waals surface area (Å²) in [7, 11) is 0. The molecule has 0 spiro atoms. The minimum atomic E-state index is -1.58. The lowest BCUT2D eigenvalue weighted by Gasteiger charge is -2.29. The molecule has 1 aliphatic rings. The zero-order valence-corrected chi connectivity index (χ0v) is 17.3. The van der Waals surface area contributed by atoms with Crippen molar-refractivity contribution in [2.24, 2.45) is 0 Å². The van der Waals surface area contributed by atoms with E-state index in [1.165, 1.54) is 0 Å². The van der Waals surface area contributed by atoms with Crippen LogP contribution in [0.4, 0.5) is 11.4 Å². The van der Waals surface area contributed by atoms with Crippen LogP contribution >= 0.6 is 0 Å². The SMILES string of the molecule is O=C1N(c2ccccc2)c2ccccc2C1(OCc1ccncc1)OCc1ccncc1. The summed E-state index contributed by atoms with van der Waals surface area (Å²) in [6.07, 6.45) is 6.79. The van der Waals surface area contributed by atoms with Crippen molar-refractivity contribution in [1.82, 2.24) is 9.97 Å². The number of nitrogens with zero attached hydrogens (tertiary/aromatic N) is 3. The van der Waals surface area contributed by atoms with Crippen LogP contribution in [0.3, 0.4) is 0 Å². The Morgan fingerprint density at radius 2 is 1.22 bits per heavy atom. The van der Waals surface area contributed by atoms with E-state index in [9.17, 15) is 4.79 Å². The molecule has 4 aromatic rings. The van der Waals surface area contributed by atoms with E-state index in [0.717, 1.165) is 22.5 Å².